The summed E-state index contributed by atoms with van der Waals surface area (Å²) in [4.78, 5) is 12.2. The van der Waals surface area contributed by atoms with Gasteiger partial charge < -0.3 is 4.90 Å². The van der Waals surface area contributed by atoms with E-state index in [1.165, 1.54) is 0 Å². The average Bonchev–Trinajstić information content (AvgIpc) is 2.04. The minimum absolute atomic E-state index is 0.268. The molecule has 3 nitrogen and oxygen atoms in total. The van der Waals surface area contributed by atoms with Gasteiger partial charge in [-0.25, -0.2) is 0 Å². The van der Waals surface area contributed by atoms with E-state index in [-0.39, 0.29) is 6.04 Å². The maximum Gasteiger partial charge on any atom is 0.209 e. The molecule has 0 aliphatic carbocycles. The van der Waals surface area contributed by atoms with Gasteiger partial charge in [0, 0.05) is 19.0 Å². The Labute approximate surface area is 74.0 Å². The predicted octanol–water partition coefficient (Wildman–Crippen LogP) is 1.55. The number of unbranched alkanes of at least 4 members (excludes halogenated alkanes) is 2. The molecule has 0 aromatic heterocycles. The smallest absolute Gasteiger partial charge is 0.209 e. The van der Waals surface area contributed by atoms with Crippen LogP contribution in [0.5, 0.6) is 0 Å². The number of hydrogen-bond donors (Lipinski definition) is 0. The summed E-state index contributed by atoms with van der Waals surface area (Å²) in [5.41, 5.74) is 0. The minimum atomic E-state index is 0.268. The molecule has 0 spiro atoms. The topological polar surface area (TPSA) is 44.1 Å². The van der Waals surface area contributed by atoms with Crippen LogP contribution < -0.4 is 0 Å². The van der Waals surface area contributed by atoms with Crippen molar-refractivity contribution >= 4 is 6.41 Å². The SMILES string of the molecule is CC(C)N(C=O)CCCCC#N. The first-order chi connectivity index (χ1) is 5.72. The highest BCUT2D eigenvalue weighted by atomic mass is 16.1. The summed E-state index contributed by atoms with van der Waals surface area (Å²) in [5, 5.41) is 8.26. The van der Waals surface area contributed by atoms with Crippen molar-refractivity contribution in [2.75, 3.05) is 6.54 Å². The lowest BCUT2D eigenvalue weighted by Crippen LogP contribution is -2.30. The Morgan fingerprint density at radius 2 is 2.17 bits per heavy atom. The van der Waals surface area contributed by atoms with E-state index in [2.05, 4.69) is 6.07 Å². The van der Waals surface area contributed by atoms with Crippen LogP contribution in [-0.2, 0) is 4.79 Å². The van der Waals surface area contributed by atoms with Crippen LogP contribution in [0.15, 0.2) is 0 Å². The third-order valence-corrected chi connectivity index (χ3v) is 1.75. The average molecular weight is 168 g/mol. The Morgan fingerprint density at radius 1 is 1.50 bits per heavy atom. The van der Waals surface area contributed by atoms with Crippen LogP contribution >= 0.6 is 0 Å². The molecule has 3 heteroatoms. The molecule has 0 aromatic rings. The quantitative estimate of drug-likeness (QED) is 0.446. The van der Waals surface area contributed by atoms with Gasteiger partial charge in [-0.05, 0) is 26.7 Å². The number of carbonyl (C=O) groups excluding carboxylic acids is 1. The number of nitrogens with zero attached hydrogens (tertiary/aromatic N) is 2. The fourth-order valence-corrected chi connectivity index (χ4v) is 0.931. The number of carbonyl (C=O) groups is 1. The molecule has 68 valence electrons. The van der Waals surface area contributed by atoms with Crippen molar-refractivity contribution in [1.82, 2.24) is 4.90 Å². The van der Waals surface area contributed by atoms with E-state index in [1.54, 1.807) is 4.90 Å². The van der Waals surface area contributed by atoms with Crippen molar-refractivity contribution in [3.8, 4) is 6.07 Å². The van der Waals surface area contributed by atoms with Gasteiger partial charge in [0.2, 0.25) is 6.41 Å². The molecule has 0 N–H and O–H groups in total. The third-order valence-electron chi connectivity index (χ3n) is 1.75. The zero-order valence-corrected chi connectivity index (χ0v) is 7.79. The number of nitriles is 1. The van der Waals surface area contributed by atoms with Crippen LogP contribution in [0.4, 0.5) is 0 Å². The van der Waals surface area contributed by atoms with Gasteiger partial charge in [0.1, 0.15) is 0 Å². The molecule has 0 atom stereocenters. The number of rotatable bonds is 6. The molecule has 0 aromatic carbocycles. The number of amides is 1. The molecule has 0 rings (SSSR count). The second kappa shape index (κ2) is 6.66. The molecule has 0 unspecified atom stereocenters. The lowest BCUT2D eigenvalue weighted by Gasteiger charge is -2.20. The molecule has 0 saturated heterocycles. The summed E-state index contributed by atoms with van der Waals surface area (Å²) >= 11 is 0. The van der Waals surface area contributed by atoms with E-state index < -0.39 is 0 Å². The molecule has 1 amide bonds. The summed E-state index contributed by atoms with van der Waals surface area (Å²) in [5.74, 6) is 0. The van der Waals surface area contributed by atoms with Crippen molar-refractivity contribution in [3.05, 3.63) is 0 Å². The van der Waals surface area contributed by atoms with Gasteiger partial charge >= 0.3 is 0 Å². The highest BCUT2D eigenvalue weighted by molar-refractivity contribution is 5.47. The highest BCUT2D eigenvalue weighted by Crippen LogP contribution is 2.00. The van der Waals surface area contributed by atoms with Crippen LogP contribution in [0, 0.1) is 11.3 Å². The molecule has 0 bridgehead atoms. The third kappa shape index (κ3) is 4.73. The van der Waals surface area contributed by atoms with Crippen LogP contribution in [0.2, 0.25) is 0 Å². The van der Waals surface area contributed by atoms with Gasteiger partial charge in [-0.3, -0.25) is 4.79 Å². The van der Waals surface area contributed by atoms with Crippen molar-refractivity contribution in [3.63, 3.8) is 0 Å². The van der Waals surface area contributed by atoms with Gasteiger partial charge in [-0.2, -0.15) is 5.26 Å². The first-order valence-electron chi connectivity index (χ1n) is 4.30. The fraction of sp³-hybridized carbons (Fsp3) is 0.778. The van der Waals surface area contributed by atoms with Gasteiger partial charge in [0.15, 0.2) is 0 Å². The molecule has 0 fully saturated rings. The van der Waals surface area contributed by atoms with Gasteiger partial charge in [-0.1, -0.05) is 0 Å². The van der Waals surface area contributed by atoms with Crippen LogP contribution in [0.3, 0.4) is 0 Å². The summed E-state index contributed by atoms with van der Waals surface area (Å²) in [6, 6.07) is 2.35. The standard InChI is InChI=1S/C9H16N2O/c1-9(2)11(8-12)7-5-3-4-6-10/h8-9H,3-5,7H2,1-2H3. The van der Waals surface area contributed by atoms with Crippen molar-refractivity contribution < 1.29 is 4.79 Å². The first-order valence-corrected chi connectivity index (χ1v) is 4.30. The van der Waals surface area contributed by atoms with E-state index in [1.807, 2.05) is 13.8 Å². The molecule has 0 radical (unpaired) electrons. The zero-order valence-electron chi connectivity index (χ0n) is 7.79. The van der Waals surface area contributed by atoms with Crippen LogP contribution in [0.1, 0.15) is 33.1 Å². The predicted molar refractivity (Wildman–Crippen MR) is 47.4 cm³/mol. The van der Waals surface area contributed by atoms with E-state index in [0.29, 0.717) is 6.42 Å². The Morgan fingerprint density at radius 3 is 2.58 bits per heavy atom. The largest absolute Gasteiger partial charge is 0.343 e. The summed E-state index contributed by atoms with van der Waals surface area (Å²) in [6.45, 7) is 4.74. The highest BCUT2D eigenvalue weighted by Gasteiger charge is 2.04. The van der Waals surface area contributed by atoms with E-state index in [0.717, 1.165) is 25.8 Å². The maximum absolute atomic E-state index is 10.5. The zero-order chi connectivity index (χ0) is 9.40. The molecule has 12 heavy (non-hydrogen) atoms. The van der Waals surface area contributed by atoms with E-state index in [4.69, 9.17) is 5.26 Å². The lowest BCUT2D eigenvalue weighted by atomic mass is 10.2. The molecule has 0 aliphatic heterocycles. The Hall–Kier alpha value is -1.04. The Kier molecular flexibility index (Phi) is 6.08. The molecular weight excluding hydrogens is 152 g/mol. The summed E-state index contributed by atoms with van der Waals surface area (Å²) < 4.78 is 0. The molecule has 0 saturated carbocycles. The van der Waals surface area contributed by atoms with Gasteiger partial charge in [-0.15, -0.1) is 0 Å². The van der Waals surface area contributed by atoms with E-state index in [9.17, 15) is 4.79 Å². The molecular formula is C9H16N2O. The summed E-state index contributed by atoms with van der Waals surface area (Å²) in [7, 11) is 0. The lowest BCUT2D eigenvalue weighted by molar-refractivity contribution is -0.119. The van der Waals surface area contributed by atoms with Crippen LogP contribution in [0.25, 0.3) is 0 Å². The van der Waals surface area contributed by atoms with Crippen LogP contribution in [-0.4, -0.2) is 23.9 Å². The van der Waals surface area contributed by atoms with Gasteiger partial charge in [0.25, 0.3) is 0 Å². The number of hydrogen-bond acceptors (Lipinski definition) is 2. The first kappa shape index (κ1) is 11.0. The Bertz CT molecular complexity index is 160. The minimum Gasteiger partial charge on any atom is -0.343 e. The molecule has 0 heterocycles. The maximum atomic E-state index is 10.5. The van der Waals surface area contributed by atoms with Gasteiger partial charge in [0.05, 0.1) is 6.07 Å². The second-order valence-corrected chi connectivity index (χ2v) is 3.05. The molecule has 0 aliphatic rings. The monoisotopic (exact) mass is 168 g/mol. The normalized spacial score (nSPS) is 9.50. The second-order valence-electron chi connectivity index (χ2n) is 3.05. The summed E-state index contributed by atoms with van der Waals surface area (Å²) in [6.07, 6.45) is 3.26. The Balaban J connectivity index is 3.46. The van der Waals surface area contributed by atoms with Crippen molar-refractivity contribution in [1.29, 1.82) is 5.26 Å². The van der Waals surface area contributed by atoms with Crippen molar-refractivity contribution in [2.24, 2.45) is 0 Å². The van der Waals surface area contributed by atoms with Crippen molar-refractivity contribution in [2.45, 2.75) is 39.2 Å². The van der Waals surface area contributed by atoms with E-state index >= 15 is 0 Å². The fourth-order valence-electron chi connectivity index (χ4n) is 0.931.